The molecule has 17 heavy (non-hydrogen) atoms. The fourth-order valence-electron chi connectivity index (χ4n) is 1.36. The van der Waals surface area contributed by atoms with Gasteiger partial charge in [-0.25, -0.2) is 4.79 Å². The van der Waals surface area contributed by atoms with E-state index in [2.05, 4.69) is 13.8 Å². The normalized spacial score (nSPS) is 10.8. The quantitative estimate of drug-likeness (QED) is 0.613. The average molecular weight is 263 g/mol. The molecular weight excluding hydrogens is 238 g/mol. The van der Waals surface area contributed by atoms with Gasteiger partial charge in [0.25, 0.3) is 0 Å². The molecule has 0 fully saturated rings. The summed E-state index contributed by atoms with van der Waals surface area (Å²) in [6.07, 6.45) is 1.07. The van der Waals surface area contributed by atoms with Crippen LogP contribution < -0.4 is 0 Å². The van der Waals surface area contributed by atoms with Gasteiger partial charge < -0.3 is 18.9 Å². The molecule has 0 unspecified atom stereocenters. The van der Waals surface area contributed by atoms with Gasteiger partial charge in [-0.05, 0) is 19.8 Å². The molecule has 0 aromatic heterocycles. The highest BCUT2D eigenvalue weighted by molar-refractivity contribution is 6.44. The number of hydrogen-bond donors (Lipinski definition) is 1. The second-order valence-electron chi connectivity index (χ2n) is 3.82. The maximum Gasteiger partial charge on any atom is 0.407 e. The van der Waals surface area contributed by atoms with E-state index in [1.54, 1.807) is 0 Å². The SMILES string of the molecule is CCCO[SiH](CCN(CC)C(=O)O)OCCC. The zero-order valence-corrected chi connectivity index (χ0v) is 12.3. The lowest BCUT2D eigenvalue weighted by molar-refractivity contribution is 0.146. The highest BCUT2D eigenvalue weighted by Gasteiger charge is 2.17. The second kappa shape index (κ2) is 10.6. The summed E-state index contributed by atoms with van der Waals surface area (Å²) < 4.78 is 11.3. The molecule has 0 atom stereocenters. The minimum atomic E-state index is -1.69. The highest BCUT2D eigenvalue weighted by atomic mass is 28.3. The Morgan fingerprint density at radius 1 is 1.18 bits per heavy atom. The fraction of sp³-hybridized carbons (Fsp3) is 0.909. The van der Waals surface area contributed by atoms with Crippen LogP contribution in [-0.4, -0.2) is 51.7 Å². The van der Waals surface area contributed by atoms with Crippen molar-refractivity contribution < 1.29 is 18.8 Å². The van der Waals surface area contributed by atoms with Crippen molar-refractivity contribution in [2.24, 2.45) is 0 Å². The summed E-state index contributed by atoms with van der Waals surface area (Å²) in [4.78, 5) is 12.2. The lowest BCUT2D eigenvalue weighted by Gasteiger charge is -2.21. The van der Waals surface area contributed by atoms with E-state index in [4.69, 9.17) is 14.0 Å². The minimum Gasteiger partial charge on any atom is -0.465 e. The van der Waals surface area contributed by atoms with E-state index in [-0.39, 0.29) is 0 Å². The molecule has 0 saturated heterocycles. The average Bonchev–Trinajstić information content (AvgIpc) is 2.31. The Hall–Kier alpha value is -0.593. The molecule has 0 rings (SSSR count). The van der Waals surface area contributed by atoms with Gasteiger partial charge >= 0.3 is 15.4 Å². The molecule has 0 heterocycles. The van der Waals surface area contributed by atoms with Crippen LogP contribution in [0.5, 0.6) is 0 Å². The van der Waals surface area contributed by atoms with E-state index in [1.165, 1.54) is 4.90 Å². The van der Waals surface area contributed by atoms with Gasteiger partial charge in [0.05, 0.1) is 0 Å². The molecule has 0 aliphatic rings. The molecule has 5 nitrogen and oxygen atoms in total. The lowest BCUT2D eigenvalue weighted by Crippen LogP contribution is -2.34. The first-order chi connectivity index (χ1) is 8.15. The van der Waals surface area contributed by atoms with Gasteiger partial charge in [0.1, 0.15) is 0 Å². The third-order valence-corrected chi connectivity index (χ3v) is 4.25. The molecule has 0 aliphatic heterocycles. The maximum atomic E-state index is 10.8. The highest BCUT2D eigenvalue weighted by Crippen LogP contribution is 2.03. The summed E-state index contributed by atoms with van der Waals surface area (Å²) in [5, 5.41) is 8.90. The Morgan fingerprint density at radius 2 is 1.71 bits per heavy atom. The predicted octanol–water partition coefficient (Wildman–Crippen LogP) is 2.06. The molecule has 0 bridgehead atoms. The number of carbonyl (C=O) groups is 1. The Labute approximate surface area is 106 Å². The fourth-order valence-corrected chi connectivity index (χ4v) is 3.31. The maximum absolute atomic E-state index is 10.8. The van der Waals surface area contributed by atoms with Gasteiger partial charge in [0.2, 0.25) is 0 Å². The Bertz CT molecular complexity index is 196. The van der Waals surface area contributed by atoms with Gasteiger partial charge in [0.15, 0.2) is 0 Å². The number of amides is 1. The summed E-state index contributed by atoms with van der Waals surface area (Å²) >= 11 is 0. The van der Waals surface area contributed by atoms with Crippen molar-refractivity contribution in [1.29, 1.82) is 0 Å². The Balaban J connectivity index is 3.98. The zero-order valence-electron chi connectivity index (χ0n) is 11.1. The third kappa shape index (κ3) is 8.17. The van der Waals surface area contributed by atoms with Gasteiger partial charge in [0, 0.05) is 32.3 Å². The zero-order chi connectivity index (χ0) is 13.1. The molecule has 0 aliphatic carbocycles. The second-order valence-corrected chi connectivity index (χ2v) is 5.93. The predicted molar refractivity (Wildman–Crippen MR) is 69.7 cm³/mol. The van der Waals surface area contributed by atoms with Crippen LogP contribution >= 0.6 is 0 Å². The van der Waals surface area contributed by atoms with E-state index < -0.39 is 15.4 Å². The topological polar surface area (TPSA) is 59.0 Å². The summed E-state index contributed by atoms with van der Waals surface area (Å²) in [6.45, 7) is 8.39. The standard InChI is InChI=1S/C11H25NO4Si/c1-4-8-15-17(16-9-5-2)10-7-12(6-3)11(13)14/h17H,4-10H2,1-3H3,(H,13,14). The smallest absolute Gasteiger partial charge is 0.407 e. The van der Waals surface area contributed by atoms with Crippen molar-refractivity contribution >= 4 is 15.4 Å². The van der Waals surface area contributed by atoms with Crippen molar-refractivity contribution in [2.75, 3.05) is 26.3 Å². The van der Waals surface area contributed by atoms with Gasteiger partial charge in [-0.2, -0.15) is 0 Å². The van der Waals surface area contributed by atoms with Crippen molar-refractivity contribution in [3.63, 3.8) is 0 Å². The van der Waals surface area contributed by atoms with E-state index >= 15 is 0 Å². The summed E-state index contributed by atoms with van der Waals surface area (Å²) in [6, 6.07) is 0.722. The van der Waals surface area contributed by atoms with E-state index in [1.807, 2.05) is 6.92 Å². The van der Waals surface area contributed by atoms with E-state index in [9.17, 15) is 4.79 Å². The summed E-state index contributed by atoms with van der Waals surface area (Å²) in [5.41, 5.74) is 0. The lowest BCUT2D eigenvalue weighted by atomic mass is 10.5. The molecule has 1 amide bonds. The molecule has 102 valence electrons. The third-order valence-electron chi connectivity index (χ3n) is 2.30. The van der Waals surface area contributed by atoms with Gasteiger partial charge in [-0.3, -0.25) is 0 Å². The van der Waals surface area contributed by atoms with E-state index in [0.29, 0.717) is 26.3 Å². The van der Waals surface area contributed by atoms with Crippen LogP contribution in [0.3, 0.4) is 0 Å². The van der Waals surface area contributed by atoms with Crippen molar-refractivity contribution in [3.8, 4) is 0 Å². The molecule has 0 saturated carbocycles. The van der Waals surface area contributed by atoms with Crippen LogP contribution in [0.25, 0.3) is 0 Å². The van der Waals surface area contributed by atoms with Gasteiger partial charge in [-0.1, -0.05) is 13.8 Å². The van der Waals surface area contributed by atoms with Crippen LogP contribution in [0, 0.1) is 0 Å². The van der Waals surface area contributed by atoms with Crippen molar-refractivity contribution in [2.45, 2.75) is 39.7 Å². The molecule has 0 spiro atoms. The minimum absolute atomic E-state index is 0.510. The number of hydrogen-bond acceptors (Lipinski definition) is 3. The molecule has 0 radical (unpaired) electrons. The monoisotopic (exact) mass is 263 g/mol. The first kappa shape index (κ1) is 16.4. The Morgan fingerprint density at radius 3 is 2.06 bits per heavy atom. The number of nitrogens with zero attached hydrogens (tertiary/aromatic N) is 1. The van der Waals surface area contributed by atoms with Crippen molar-refractivity contribution in [3.05, 3.63) is 0 Å². The van der Waals surface area contributed by atoms with Crippen LogP contribution in [0.2, 0.25) is 6.04 Å². The number of rotatable bonds is 10. The van der Waals surface area contributed by atoms with Crippen molar-refractivity contribution in [1.82, 2.24) is 4.90 Å². The molecule has 0 aromatic carbocycles. The van der Waals surface area contributed by atoms with Crippen LogP contribution in [-0.2, 0) is 8.85 Å². The first-order valence-electron chi connectivity index (χ1n) is 6.36. The molecule has 0 aromatic rings. The molecular formula is C11H25NO4Si. The number of carboxylic acid groups (broad SMARTS) is 1. The van der Waals surface area contributed by atoms with Gasteiger partial charge in [-0.15, -0.1) is 0 Å². The van der Waals surface area contributed by atoms with Crippen LogP contribution in [0.4, 0.5) is 4.79 Å². The van der Waals surface area contributed by atoms with Crippen LogP contribution in [0.15, 0.2) is 0 Å². The van der Waals surface area contributed by atoms with E-state index in [0.717, 1.165) is 18.9 Å². The summed E-state index contributed by atoms with van der Waals surface area (Å²) in [5.74, 6) is 0. The summed E-state index contributed by atoms with van der Waals surface area (Å²) in [7, 11) is -1.69. The Kier molecular flexibility index (Phi) is 10.2. The molecule has 1 N–H and O–H groups in total. The first-order valence-corrected chi connectivity index (χ1v) is 8.12. The van der Waals surface area contributed by atoms with Crippen LogP contribution in [0.1, 0.15) is 33.6 Å². The largest absolute Gasteiger partial charge is 0.465 e. The molecule has 6 heteroatoms.